The third-order valence-corrected chi connectivity index (χ3v) is 6.02. The molecule has 3 aliphatic heterocycles. The molecule has 25 heavy (non-hydrogen) atoms. The first-order valence-corrected chi connectivity index (χ1v) is 8.95. The maximum absolute atomic E-state index is 12.7. The second-order valence-corrected chi connectivity index (χ2v) is 7.67. The van der Waals surface area contributed by atoms with Crippen LogP contribution in [0.15, 0.2) is 11.6 Å². The van der Waals surface area contributed by atoms with Crippen molar-refractivity contribution in [3.8, 4) is 0 Å². The maximum Gasteiger partial charge on any atom is 0.338 e. The molecule has 3 heterocycles. The molecule has 0 spiro atoms. The van der Waals surface area contributed by atoms with Crippen molar-refractivity contribution < 1.29 is 29.3 Å². The molecule has 0 unspecified atom stereocenters. The van der Waals surface area contributed by atoms with Crippen LogP contribution in [0, 0.1) is 5.92 Å². The molecule has 140 valence electrons. The van der Waals surface area contributed by atoms with Crippen molar-refractivity contribution in [2.75, 3.05) is 19.7 Å². The van der Waals surface area contributed by atoms with Gasteiger partial charge in [-0.1, -0.05) is 19.9 Å². The molecule has 2 fully saturated rings. The summed E-state index contributed by atoms with van der Waals surface area (Å²) >= 11 is 0. The third-order valence-electron chi connectivity index (χ3n) is 6.02. The fraction of sp³-hybridized carbons (Fsp3) is 0.778. The van der Waals surface area contributed by atoms with Crippen molar-refractivity contribution in [1.29, 1.82) is 0 Å². The number of rotatable bonds is 1. The van der Waals surface area contributed by atoms with Gasteiger partial charge in [-0.3, -0.25) is 4.90 Å². The number of hydrogen-bond donors (Lipinski definition) is 2. The number of carbonyl (C=O) groups excluding carboxylic acids is 2. The summed E-state index contributed by atoms with van der Waals surface area (Å²) in [5.74, 6) is -2.09. The van der Waals surface area contributed by atoms with Crippen LogP contribution in [-0.2, 0) is 19.1 Å². The zero-order chi connectivity index (χ0) is 18.4. The molecule has 3 rings (SSSR count). The molecule has 2 saturated heterocycles. The van der Waals surface area contributed by atoms with Crippen LogP contribution in [0.1, 0.15) is 40.0 Å². The lowest BCUT2D eigenvalue weighted by atomic mass is 9.80. The van der Waals surface area contributed by atoms with Gasteiger partial charge in [-0.25, -0.2) is 9.59 Å². The Balaban J connectivity index is 1.93. The van der Waals surface area contributed by atoms with Gasteiger partial charge in [-0.05, 0) is 37.7 Å². The van der Waals surface area contributed by atoms with Crippen LogP contribution in [0.3, 0.4) is 0 Å². The molecule has 5 atom stereocenters. The topological polar surface area (TPSA) is 96.3 Å². The number of cyclic esters (lactones) is 1. The molecule has 0 aromatic rings. The van der Waals surface area contributed by atoms with Crippen LogP contribution in [0.5, 0.6) is 0 Å². The molecule has 0 amide bonds. The molecule has 3 aliphatic rings. The van der Waals surface area contributed by atoms with E-state index in [1.165, 1.54) is 6.92 Å². The van der Waals surface area contributed by atoms with Crippen molar-refractivity contribution in [1.82, 2.24) is 4.90 Å². The van der Waals surface area contributed by atoms with E-state index in [1.807, 2.05) is 6.08 Å². The van der Waals surface area contributed by atoms with E-state index in [9.17, 15) is 19.8 Å². The monoisotopic (exact) mass is 353 g/mol. The maximum atomic E-state index is 12.7. The first kappa shape index (κ1) is 18.4. The summed E-state index contributed by atoms with van der Waals surface area (Å²) in [7, 11) is 0. The predicted molar refractivity (Wildman–Crippen MR) is 88.5 cm³/mol. The van der Waals surface area contributed by atoms with Crippen LogP contribution >= 0.6 is 0 Å². The Kier molecular flexibility index (Phi) is 4.68. The summed E-state index contributed by atoms with van der Waals surface area (Å²) in [6, 6.07) is -0.125. The van der Waals surface area contributed by atoms with Crippen LogP contribution in [0.25, 0.3) is 0 Å². The van der Waals surface area contributed by atoms with E-state index in [0.29, 0.717) is 6.42 Å². The minimum Gasteiger partial charge on any atom is -0.459 e. The zero-order valence-corrected chi connectivity index (χ0v) is 15.0. The summed E-state index contributed by atoms with van der Waals surface area (Å²) in [5, 5.41) is 21.4. The highest BCUT2D eigenvalue weighted by Crippen LogP contribution is 2.36. The molecule has 2 N–H and O–H groups in total. The first-order valence-electron chi connectivity index (χ1n) is 8.95. The van der Waals surface area contributed by atoms with Crippen LogP contribution in [-0.4, -0.2) is 70.1 Å². The highest BCUT2D eigenvalue weighted by molar-refractivity contribution is 5.81. The molecular weight excluding hydrogens is 326 g/mol. The minimum atomic E-state index is -1.80. The molecule has 0 aliphatic carbocycles. The fourth-order valence-electron chi connectivity index (χ4n) is 3.95. The van der Waals surface area contributed by atoms with Gasteiger partial charge < -0.3 is 19.7 Å². The third kappa shape index (κ3) is 3.09. The normalized spacial score (nSPS) is 42.8. The first-order chi connectivity index (χ1) is 11.7. The molecule has 0 saturated carbocycles. The average molecular weight is 353 g/mol. The van der Waals surface area contributed by atoms with Gasteiger partial charge in [-0.2, -0.15) is 0 Å². The summed E-state index contributed by atoms with van der Waals surface area (Å²) in [5.41, 5.74) is -2.65. The van der Waals surface area contributed by atoms with Gasteiger partial charge in [0.05, 0.1) is 6.04 Å². The van der Waals surface area contributed by atoms with E-state index in [4.69, 9.17) is 9.47 Å². The Hall–Kier alpha value is -1.44. The average Bonchev–Trinajstić information content (AvgIpc) is 3.14. The van der Waals surface area contributed by atoms with E-state index in [2.05, 4.69) is 4.90 Å². The van der Waals surface area contributed by atoms with Gasteiger partial charge in [0.1, 0.15) is 12.7 Å². The number of aliphatic hydroxyl groups is 2. The molecule has 0 aromatic heterocycles. The van der Waals surface area contributed by atoms with Gasteiger partial charge in [-0.15, -0.1) is 0 Å². The lowest BCUT2D eigenvalue weighted by molar-refractivity contribution is -0.183. The van der Waals surface area contributed by atoms with E-state index in [0.717, 1.165) is 18.7 Å². The highest BCUT2D eigenvalue weighted by atomic mass is 16.6. The number of esters is 2. The zero-order valence-electron chi connectivity index (χ0n) is 15.0. The van der Waals surface area contributed by atoms with E-state index in [-0.39, 0.29) is 31.6 Å². The number of hydrogen-bond acceptors (Lipinski definition) is 7. The van der Waals surface area contributed by atoms with Crippen molar-refractivity contribution >= 4 is 11.9 Å². The molecule has 0 aromatic carbocycles. The summed E-state index contributed by atoms with van der Waals surface area (Å²) < 4.78 is 11.0. The van der Waals surface area contributed by atoms with Gasteiger partial charge in [0, 0.05) is 13.1 Å². The summed E-state index contributed by atoms with van der Waals surface area (Å²) in [4.78, 5) is 27.3. The number of carbonyl (C=O) groups is 2. The Morgan fingerprint density at radius 1 is 1.32 bits per heavy atom. The van der Waals surface area contributed by atoms with Gasteiger partial charge in [0.15, 0.2) is 11.2 Å². The second kappa shape index (κ2) is 6.37. The second-order valence-electron chi connectivity index (χ2n) is 7.67. The van der Waals surface area contributed by atoms with Crippen LogP contribution in [0.2, 0.25) is 0 Å². The van der Waals surface area contributed by atoms with Crippen molar-refractivity contribution in [2.45, 2.75) is 63.4 Å². The Morgan fingerprint density at radius 3 is 2.72 bits per heavy atom. The highest BCUT2D eigenvalue weighted by Gasteiger charge is 2.49. The molecule has 0 bridgehead atoms. The SMILES string of the molecule is CC[C@@]1(O)C[C@H](C)[C@](C)(O)C(=O)OCC2=CCN3CC[C@@H](OC1=O)[C@@H]23. The van der Waals surface area contributed by atoms with Crippen molar-refractivity contribution in [3.63, 3.8) is 0 Å². The van der Waals surface area contributed by atoms with Crippen molar-refractivity contribution in [3.05, 3.63) is 11.6 Å². The molecule has 0 radical (unpaired) electrons. The van der Waals surface area contributed by atoms with Gasteiger partial charge in [0.2, 0.25) is 0 Å². The minimum absolute atomic E-state index is 0.0752. The molecule has 7 nitrogen and oxygen atoms in total. The largest absolute Gasteiger partial charge is 0.459 e. The van der Waals surface area contributed by atoms with E-state index in [1.54, 1.807) is 13.8 Å². The van der Waals surface area contributed by atoms with Gasteiger partial charge >= 0.3 is 11.9 Å². The lowest BCUT2D eigenvalue weighted by Gasteiger charge is -2.36. The molecular formula is C18H27NO6. The number of nitrogens with zero attached hydrogens (tertiary/aromatic N) is 1. The molecule has 7 heteroatoms. The quantitative estimate of drug-likeness (QED) is 0.520. The Bertz CT molecular complexity index is 600. The van der Waals surface area contributed by atoms with Gasteiger partial charge in [0.25, 0.3) is 0 Å². The van der Waals surface area contributed by atoms with Crippen molar-refractivity contribution in [2.24, 2.45) is 5.92 Å². The lowest BCUT2D eigenvalue weighted by Crippen LogP contribution is -2.51. The Morgan fingerprint density at radius 2 is 2.04 bits per heavy atom. The Labute approximate surface area is 147 Å². The van der Waals surface area contributed by atoms with E-state index < -0.39 is 29.1 Å². The smallest absolute Gasteiger partial charge is 0.338 e. The summed E-state index contributed by atoms with van der Waals surface area (Å²) in [6.07, 6.45) is 2.38. The predicted octanol–water partition coefficient (Wildman–Crippen LogP) is 0.388. The van der Waals surface area contributed by atoms with Crippen LogP contribution in [0.4, 0.5) is 0 Å². The number of ether oxygens (including phenoxy) is 2. The fourth-order valence-corrected chi connectivity index (χ4v) is 3.95. The van der Waals surface area contributed by atoms with E-state index >= 15 is 0 Å². The summed E-state index contributed by atoms with van der Waals surface area (Å²) in [6.45, 7) is 6.26. The standard InChI is InChI=1S/C18H27NO6/c1-4-18(23)9-11(2)17(3,22)15(20)24-10-12-5-7-19-8-6-13(14(12)19)25-16(18)21/h5,11,13-14,22-23H,4,6-10H2,1-3H3/t11-,13+,14+,17-,18+/m0/s1. The van der Waals surface area contributed by atoms with Crippen LogP contribution < -0.4 is 0 Å².